The SMILES string of the molecule is O=C(O)Nc1ccc(F)c(C=C2CN(C(=O)N3N=CC[C@H]3c3cc(F)cc(F)c3)C2)n1. The lowest BCUT2D eigenvalue weighted by atomic mass is 10.0. The Hall–Kier alpha value is -3.89. The minimum atomic E-state index is -1.32. The van der Waals surface area contributed by atoms with Crippen LogP contribution in [0.2, 0.25) is 0 Å². The van der Waals surface area contributed by atoms with Crippen LogP contribution >= 0.6 is 0 Å². The first-order valence-electron chi connectivity index (χ1n) is 9.22. The maximum atomic E-state index is 14.0. The number of hydrogen-bond donors (Lipinski definition) is 2. The largest absolute Gasteiger partial charge is 0.465 e. The van der Waals surface area contributed by atoms with E-state index >= 15 is 0 Å². The number of amides is 3. The molecule has 0 unspecified atom stereocenters. The normalized spacial score (nSPS) is 17.5. The van der Waals surface area contributed by atoms with Crippen molar-refractivity contribution in [1.29, 1.82) is 0 Å². The summed E-state index contributed by atoms with van der Waals surface area (Å²) in [6.07, 6.45) is 1.95. The summed E-state index contributed by atoms with van der Waals surface area (Å²) in [5.74, 6) is -2.13. The lowest BCUT2D eigenvalue weighted by Crippen LogP contribution is -2.49. The zero-order valence-electron chi connectivity index (χ0n) is 15.9. The Morgan fingerprint density at radius 3 is 2.52 bits per heavy atom. The average Bonchev–Trinajstić information content (AvgIpc) is 3.15. The fourth-order valence-corrected chi connectivity index (χ4v) is 3.39. The van der Waals surface area contributed by atoms with Crippen LogP contribution in [-0.2, 0) is 0 Å². The highest BCUT2D eigenvalue weighted by atomic mass is 19.1. The topological polar surface area (TPSA) is 98.1 Å². The number of carbonyl (C=O) groups is 2. The molecular formula is C20H16F3N5O3. The number of hydrazone groups is 1. The molecule has 160 valence electrons. The minimum absolute atomic E-state index is 0.0235. The van der Waals surface area contributed by atoms with Crippen LogP contribution in [-0.4, -0.2) is 51.4 Å². The molecule has 0 saturated carbocycles. The molecule has 2 aliphatic heterocycles. The van der Waals surface area contributed by atoms with Crippen LogP contribution in [0, 0.1) is 17.5 Å². The van der Waals surface area contributed by atoms with Gasteiger partial charge < -0.3 is 10.0 Å². The number of benzene rings is 1. The van der Waals surface area contributed by atoms with Crippen molar-refractivity contribution in [3.05, 3.63) is 64.6 Å². The van der Waals surface area contributed by atoms with E-state index in [0.717, 1.165) is 24.3 Å². The van der Waals surface area contributed by atoms with Crippen molar-refractivity contribution < 1.29 is 27.9 Å². The Bertz CT molecular complexity index is 1090. The molecule has 0 aliphatic carbocycles. The van der Waals surface area contributed by atoms with Gasteiger partial charge in [-0.1, -0.05) is 0 Å². The van der Waals surface area contributed by atoms with Crippen molar-refractivity contribution in [2.75, 3.05) is 18.4 Å². The second kappa shape index (κ2) is 8.09. The number of urea groups is 1. The summed E-state index contributed by atoms with van der Waals surface area (Å²) in [4.78, 5) is 28.8. The van der Waals surface area contributed by atoms with Crippen molar-refractivity contribution in [3.63, 3.8) is 0 Å². The van der Waals surface area contributed by atoms with Crippen LogP contribution in [0.1, 0.15) is 23.7 Å². The summed E-state index contributed by atoms with van der Waals surface area (Å²) in [6.45, 7) is 0.375. The fraction of sp³-hybridized carbons (Fsp3) is 0.200. The summed E-state index contributed by atoms with van der Waals surface area (Å²) in [6, 6.07) is 4.30. The highest BCUT2D eigenvalue weighted by Gasteiger charge is 2.35. The summed E-state index contributed by atoms with van der Waals surface area (Å²) >= 11 is 0. The number of rotatable bonds is 3. The number of aromatic nitrogens is 1. The summed E-state index contributed by atoms with van der Waals surface area (Å²) in [5.41, 5.74) is 0.943. The number of pyridine rings is 1. The van der Waals surface area contributed by atoms with Crippen LogP contribution in [0.15, 0.2) is 41.0 Å². The number of hydrogen-bond acceptors (Lipinski definition) is 4. The molecule has 0 bridgehead atoms. The average molecular weight is 431 g/mol. The third-order valence-electron chi connectivity index (χ3n) is 4.80. The van der Waals surface area contributed by atoms with Gasteiger partial charge in [-0.05, 0) is 41.5 Å². The van der Waals surface area contributed by atoms with Gasteiger partial charge in [0.15, 0.2) is 0 Å². The number of nitrogens with zero attached hydrogens (tertiary/aromatic N) is 4. The second-order valence-electron chi connectivity index (χ2n) is 7.03. The van der Waals surface area contributed by atoms with E-state index < -0.39 is 35.6 Å². The predicted molar refractivity (Wildman–Crippen MR) is 105 cm³/mol. The fourth-order valence-electron chi connectivity index (χ4n) is 3.39. The molecule has 1 aromatic carbocycles. The van der Waals surface area contributed by atoms with E-state index in [1.165, 1.54) is 28.3 Å². The smallest absolute Gasteiger partial charge is 0.410 e. The quantitative estimate of drug-likeness (QED) is 0.772. The number of nitrogens with one attached hydrogen (secondary N) is 1. The third kappa shape index (κ3) is 4.34. The van der Waals surface area contributed by atoms with Crippen LogP contribution in [0.25, 0.3) is 6.08 Å². The zero-order valence-corrected chi connectivity index (χ0v) is 15.9. The van der Waals surface area contributed by atoms with Crippen LogP contribution in [0.5, 0.6) is 0 Å². The van der Waals surface area contributed by atoms with Crippen molar-refractivity contribution in [3.8, 4) is 0 Å². The van der Waals surface area contributed by atoms with Gasteiger partial charge in [0.2, 0.25) is 0 Å². The first-order valence-corrected chi connectivity index (χ1v) is 9.22. The van der Waals surface area contributed by atoms with Crippen molar-refractivity contribution in [2.24, 2.45) is 5.10 Å². The first kappa shape index (κ1) is 20.4. The van der Waals surface area contributed by atoms with E-state index in [9.17, 15) is 22.8 Å². The monoisotopic (exact) mass is 431 g/mol. The molecular weight excluding hydrogens is 415 g/mol. The van der Waals surface area contributed by atoms with E-state index in [1.807, 2.05) is 5.32 Å². The highest BCUT2D eigenvalue weighted by Crippen LogP contribution is 2.32. The number of carbonyl (C=O) groups excluding carboxylic acids is 1. The van der Waals surface area contributed by atoms with E-state index in [0.29, 0.717) is 17.6 Å². The van der Waals surface area contributed by atoms with Gasteiger partial charge in [-0.3, -0.25) is 5.32 Å². The van der Waals surface area contributed by atoms with Crippen LogP contribution in [0.4, 0.5) is 28.6 Å². The lowest BCUT2D eigenvalue weighted by Gasteiger charge is -2.37. The molecule has 11 heteroatoms. The number of carboxylic acid groups (broad SMARTS) is 1. The molecule has 1 saturated heterocycles. The maximum Gasteiger partial charge on any atom is 0.410 e. The molecule has 1 atom stereocenters. The Morgan fingerprint density at radius 2 is 1.84 bits per heavy atom. The molecule has 3 amide bonds. The summed E-state index contributed by atoms with van der Waals surface area (Å²) < 4.78 is 41.1. The third-order valence-corrected chi connectivity index (χ3v) is 4.80. The molecule has 3 heterocycles. The van der Waals surface area contributed by atoms with Crippen molar-refractivity contribution in [1.82, 2.24) is 14.9 Å². The molecule has 2 aliphatic rings. The number of anilines is 1. The van der Waals surface area contributed by atoms with Gasteiger partial charge in [0.1, 0.15) is 29.0 Å². The Kier molecular flexibility index (Phi) is 5.32. The van der Waals surface area contributed by atoms with E-state index in [2.05, 4.69) is 10.1 Å². The second-order valence-corrected chi connectivity index (χ2v) is 7.03. The predicted octanol–water partition coefficient (Wildman–Crippen LogP) is 3.84. The molecule has 2 N–H and O–H groups in total. The van der Waals surface area contributed by atoms with Gasteiger partial charge in [-0.25, -0.2) is 32.8 Å². The summed E-state index contributed by atoms with van der Waals surface area (Å²) in [7, 11) is 0. The maximum absolute atomic E-state index is 14.0. The van der Waals surface area contributed by atoms with E-state index in [-0.39, 0.29) is 24.6 Å². The lowest BCUT2D eigenvalue weighted by molar-refractivity contribution is 0.136. The van der Waals surface area contributed by atoms with Crippen molar-refractivity contribution in [2.45, 2.75) is 12.5 Å². The zero-order chi connectivity index (χ0) is 22.1. The van der Waals surface area contributed by atoms with E-state index in [4.69, 9.17) is 5.11 Å². The Morgan fingerprint density at radius 1 is 1.13 bits per heavy atom. The first-order chi connectivity index (χ1) is 14.8. The van der Waals surface area contributed by atoms with Gasteiger partial charge in [-0.2, -0.15) is 5.10 Å². The Balaban J connectivity index is 1.44. The molecule has 31 heavy (non-hydrogen) atoms. The molecule has 1 fully saturated rings. The van der Waals surface area contributed by atoms with Gasteiger partial charge in [0, 0.05) is 31.8 Å². The van der Waals surface area contributed by atoms with Crippen molar-refractivity contribution >= 4 is 30.2 Å². The molecule has 0 radical (unpaired) electrons. The van der Waals surface area contributed by atoms with Gasteiger partial charge in [0.05, 0.1) is 6.04 Å². The Labute approximate surface area is 174 Å². The van der Waals surface area contributed by atoms with Crippen LogP contribution < -0.4 is 5.32 Å². The minimum Gasteiger partial charge on any atom is -0.465 e. The van der Waals surface area contributed by atoms with Gasteiger partial charge in [0.25, 0.3) is 0 Å². The molecule has 0 spiro atoms. The highest BCUT2D eigenvalue weighted by molar-refractivity contribution is 5.82. The summed E-state index contributed by atoms with van der Waals surface area (Å²) in [5, 5.41) is 16.0. The molecule has 2 aromatic rings. The molecule has 8 nitrogen and oxygen atoms in total. The molecule has 4 rings (SSSR count). The number of likely N-dealkylation sites (tertiary alicyclic amines) is 1. The van der Waals surface area contributed by atoms with Gasteiger partial charge in [-0.15, -0.1) is 0 Å². The van der Waals surface area contributed by atoms with Crippen LogP contribution in [0.3, 0.4) is 0 Å². The number of halogens is 3. The standard InChI is InChI=1S/C20H16F3N5O3/c21-13-6-12(7-14(22)8-13)17-3-4-24-28(17)20(31)27-9-11(10-27)5-16-15(23)1-2-18(25-16)26-19(29)30/h1-2,4-8,17H,3,9-10H2,(H,25,26)(H,29,30)/t17-/m0/s1. The van der Waals surface area contributed by atoms with E-state index in [1.54, 1.807) is 0 Å². The van der Waals surface area contributed by atoms with Gasteiger partial charge >= 0.3 is 12.1 Å². The molecule has 1 aromatic heterocycles.